The van der Waals surface area contributed by atoms with Gasteiger partial charge in [0.05, 0.1) is 32.0 Å². The quantitative estimate of drug-likeness (QED) is 0.906. The number of amides is 1. The van der Waals surface area contributed by atoms with Crippen LogP contribution in [-0.4, -0.2) is 55.4 Å². The zero-order valence-corrected chi connectivity index (χ0v) is 11.4. The fraction of sp³-hybridized carbons (Fsp3) is 0.462. The van der Waals surface area contributed by atoms with Crippen LogP contribution in [0, 0.1) is 0 Å². The summed E-state index contributed by atoms with van der Waals surface area (Å²) in [6.45, 7) is 1.20. The third kappa shape index (κ3) is 3.18. The monoisotopic (exact) mass is 285 g/mol. The molecule has 1 aromatic rings. The third-order valence-electron chi connectivity index (χ3n) is 3.02. The van der Waals surface area contributed by atoms with Gasteiger partial charge in [0.2, 0.25) is 0 Å². The van der Waals surface area contributed by atoms with E-state index in [1.54, 1.807) is 23.1 Å². The molecule has 1 fully saturated rings. The Kier molecular flexibility index (Phi) is 4.63. The van der Waals surface area contributed by atoms with Gasteiger partial charge in [-0.1, -0.05) is 11.6 Å². The lowest BCUT2D eigenvalue weighted by Gasteiger charge is -2.32. The molecular weight excluding hydrogens is 270 g/mol. The predicted molar refractivity (Wildman–Crippen MR) is 70.7 cm³/mol. The van der Waals surface area contributed by atoms with Gasteiger partial charge in [-0.15, -0.1) is 0 Å². The van der Waals surface area contributed by atoms with Gasteiger partial charge in [0.1, 0.15) is 5.75 Å². The highest BCUT2D eigenvalue weighted by Gasteiger charge is 2.26. The maximum absolute atomic E-state index is 12.4. The molecule has 1 saturated heterocycles. The molecule has 0 saturated carbocycles. The molecule has 1 aromatic carbocycles. The lowest BCUT2D eigenvalue weighted by molar-refractivity contribution is -0.0447. The van der Waals surface area contributed by atoms with Crippen molar-refractivity contribution >= 4 is 17.5 Å². The van der Waals surface area contributed by atoms with E-state index >= 15 is 0 Å². The summed E-state index contributed by atoms with van der Waals surface area (Å²) in [6, 6.07) is 4.91. The van der Waals surface area contributed by atoms with Crippen LogP contribution in [0.15, 0.2) is 18.2 Å². The number of rotatable bonds is 3. The van der Waals surface area contributed by atoms with Crippen LogP contribution in [0.2, 0.25) is 5.02 Å². The van der Waals surface area contributed by atoms with Gasteiger partial charge in [-0.2, -0.15) is 0 Å². The molecule has 0 bridgehead atoms. The highest BCUT2D eigenvalue weighted by atomic mass is 35.5. The summed E-state index contributed by atoms with van der Waals surface area (Å²) in [4.78, 5) is 14.1. The van der Waals surface area contributed by atoms with Gasteiger partial charge >= 0.3 is 0 Å². The summed E-state index contributed by atoms with van der Waals surface area (Å²) in [6.07, 6.45) is -0.323. The lowest BCUT2D eigenvalue weighted by atomic mass is 10.1. The third-order valence-corrected chi connectivity index (χ3v) is 3.26. The second-order valence-corrected chi connectivity index (χ2v) is 4.71. The molecule has 6 heteroatoms. The van der Waals surface area contributed by atoms with Crippen LogP contribution >= 0.6 is 11.6 Å². The van der Waals surface area contributed by atoms with E-state index in [1.165, 1.54) is 7.11 Å². The number of methoxy groups -OCH3 is 1. The van der Waals surface area contributed by atoms with Crippen LogP contribution in [0.1, 0.15) is 10.4 Å². The molecule has 1 atom stereocenters. The number of aliphatic hydroxyl groups excluding tert-OH is 1. The Morgan fingerprint density at radius 3 is 3.11 bits per heavy atom. The maximum atomic E-state index is 12.4. The van der Waals surface area contributed by atoms with E-state index in [9.17, 15) is 4.79 Å². The molecule has 0 aromatic heterocycles. The molecule has 0 spiro atoms. The van der Waals surface area contributed by atoms with Crippen molar-refractivity contribution in [1.82, 2.24) is 4.90 Å². The van der Waals surface area contributed by atoms with Gasteiger partial charge < -0.3 is 19.5 Å². The Morgan fingerprint density at radius 2 is 2.42 bits per heavy atom. The zero-order valence-electron chi connectivity index (χ0n) is 10.6. The number of morpholine rings is 1. The van der Waals surface area contributed by atoms with Gasteiger partial charge in [0.15, 0.2) is 0 Å². The number of carbonyl (C=O) groups is 1. The molecule has 19 heavy (non-hydrogen) atoms. The van der Waals surface area contributed by atoms with Crippen molar-refractivity contribution < 1.29 is 19.4 Å². The summed E-state index contributed by atoms with van der Waals surface area (Å²) in [5.74, 6) is 0.305. The van der Waals surface area contributed by atoms with Crippen LogP contribution < -0.4 is 4.74 Å². The fourth-order valence-electron chi connectivity index (χ4n) is 2.03. The van der Waals surface area contributed by atoms with E-state index in [1.807, 2.05) is 0 Å². The number of carbonyl (C=O) groups excluding carboxylic acids is 1. The highest BCUT2D eigenvalue weighted by molar-refractivity contribution is 6.30. The molecule has 5 nitrogen and oxygen atoms in total. The molecular formula is C13H16ClNO4. The summed E-state index contributed by atoms with van der Waals surface area (Å²) in [5.41, 5.74) is 0.463. The second-order valence-electron chi connectivity index (χ2n) is 4.27. The van der Waals surface area contributed by atoms with E-state index < -0.39 is 0 Å². The Morgan fingerprint density at radius 1 is 1.63 bits per heavy atom. The van der Waals surface area contributed by atoms with Crippen molar-refractivity contribution in [3.63, 3.8) is 0 Å². The standard InChI is InChI=1S/C13H16ClNO4/c1-18-12-6-9(14)2-3-11(12)13(17)15-4-5-19-10(7-15)8-16/h2-3,6,10,16H,4-5,7-8H2,1H3. The highest BCUT2D eigenvalue weighted by Crippen LogP contribution is 2.25. The van der Waals surface area contributed by atoms with Crippen molar-refractivity contribution in [3.05, 3.63) is 28.8 Å². The number of benzene rings is 1. The second kappa shape index (κ2) is 6.23. The van der Waals surface area contributed by atoms with E-state index in [0.717, 1.165) is 0 Å². The number of hydrogen-bond donors (Lipinski definition) is 1. The van der Waals surface area contributed by atoms with Crippen molar-refractivity contribution in [2.24, 2.45) is 0 Å². The first-order valence-electron chi connectivity index (χ1n) is 6.01. The van der Waals surface area contributed by atoms with Crippen molar-refractivity contribution in [3.8, 4) is 5.75 Å². The molecule has 1 aliphatic rings. The van der Waals surface area contributed by atoms with Gasteiger partial charge in [0, 0.05) is 18.1 Å². The average molecular weight is 286 g/mol. The van der Waals surface area contributed by atoms with Crippen LogP contribution in [-0.2, 0) is 4.74 Å². The molecule has 1 heterocycles. The van der Waals surface area contributed by atoms with E-state index in [2.05, 4.69) is 0 Å². The lowest BCUT2D eigenvalue weighted by Crippen LogP contribution is -2.46. The van der Waals surface area contributed by atoms with Crippen LogP contribution in [0.25, 0.3) is 0 Å². The van der Waals surface area contributed by atoms with Gasteiger partial charge in [-0.3, -0.25) is 4.79 Å². The molecule has 1 aliphatic heterocycles. The number of halogens is 1. The molecule has 1 N–H and O–H groups in total. The predicted octanol–water partition coefficient (Wildman–Crippen LogP) is 1.18. The first-order chi connectivity index (χ1) is 9.15. The Balaban J connectivity index is 2.19. The topological polar surface area (TPSA) is 59.0 Å². The minimum atomic E-state index is -0.323. The zero-order chi connectivity index (χ0) is 13.8. The number of nitrogens with zero attached hydrogens (tertiary/aromatic N) is 1. The summed E-state index contributed by atoms with van der Waals surface area (Å²) < 4.78 is 10.5. The van der Waals surface area contributed by atoms with Crippen molar-refractivity contribution in [1.29, 1.82) is 0 Å². The maximum Gasteiger partial charge on any atom is 0.257 e. The first-order valence-corrected chi connectivity index (χ1v) is 6.38. The van der Waals surface area contributed by atoms with Gasteiger partial charge in [-0.25, -0.2) is 0 Å². The van der Waals surface area contributed by atoms with E-state index in [-0.39, 0.29) is 18.6 Å². The number of aliphatic hydroxyl groups is 1. The molecule has 1 unspecified atom stereocenters. The molecule has 104 valence electrons. The SMILES string of the molecule is COc1cc(Cl)ccc1C(=O)N1CCOC(CO)C1. The first kappa shape index (κ1) is 14.1. The summed E-state index contributed by atoms with van der Waals surface area (Å²) in [5, 5.41) is 9.61. The smallest absolute Gasteiger partial charge is 0.257 e. The van der Waals surface area contributed by atoms with Gasteiger partial charge in [-0.05, 0) is 18.2 Å². The minimum Gasteiger partial charge on any atom is -0.496 e. The van der Waals surface area contributed by atoms with E-state index in [0.29, 0.717) is 36.0 Å². The largest absolute Gasteiger partial charge is 0.496 e. The molecule has 1 amide bonds. The fourth-order valence-corrected chi connectivity index (χ4v) is 2.19. The summed E-state index contributed by atoms with van der Waals surface area (Å²) in [7, 11) is 1.50. The normalized spacial score (nSPS) is 19.3. The Labute approximate surface area is 116 Å². The van der Waals surface area contributed by atoms with Crippen molar-refractivity contribution in [2.45, 2.75) is 6.10 Å². The minimum absolute atomic E-state index is 0.0957. The molecule has 0 aliphatic carbocycles. The van der Waals surface area contributed by atoms with Crippen LogP contribution in [0.5, 0.6) is 5.75 Å². The Bertz CT molecular complexity index is 466. The van der Waals surface area contributed by atoms with Crippen LogP contribution in [0.3, 0.4) is 0 Å². The average Bonchev–Trinajstić information content (AvgIpc) is 2.46. The number of hydrogen-bond acceptors (Lipinski definition) is 4. The Hall–Kier alpha value is -1.30. The van der Waals surface area contributed by atoms with Gasteiger partial charge in [0.25, 0.3) is 5.91 Å². The molecule has 2 rings (SSSR count). The summed E-state index contributed by atoms with van der Waals surface area (Å²) >= 11 is 5.87. The van der Waals surface area contributed by atoms with Crippen LogP contribution in [0.4, 0.5) is 0 Å². The van der Waals surface area contributed by atoms with E-state index in [4.69, 9.17) is 26.2 Å². The molecule has 0 radical (unpaired) electrons. The number of ether oxygens (including phenoxy) is 2. The van der Waals surface area contributed by atoms with Crippen molar-refractivity contribution in [2.75, 3.05) is 33.4 Å².